The minimum Gasteiger partial charge on any atom is -0.508 e. The van der Waals surface area contributed by atoms with Crippen LogP contribution in [-0.4, -0.2) is 75.9 Å². The van der Waals surface area contributed by atoms with Crippen LogP contribution in [0.2, 0.25) is 0 Å². The molecule has 3 atom stereocenters. The van der Waals surface area contributed by atoms with E-state index in [1.54, 1.807) is 6.07 Å². The van der Waals surface area contributed by atoms with E-state index in [4.69, 9.17) is 13.8 Å². The smallest absolute Gasteiger partial charge is 0.319 e. The number of fused-ring (bicyclic) bond motifs is 4. The van der Waals surface area contributed by atoms with Gasteiger partial charge < -0.3 is 25.0 Å². The van der Waals surface area contributed by atoms with Gasteiger partial charge in [0.15, 0.2) is 11.6 Å². The zero-order valence-electron chi connectivity index (χ0n) is 24.6. The number of likely N-dealkylation sites (N-methyl/N-ethyl adjacent to an activating group) is 1. The van der Waals surface area contributed by atoms with Gasteiger partial charge in [0.2, 0.25) is 0 Å². The van der Waals surface area contributed by atoms with Gasteiger partial charge in [-0.1, -0.05) is 6.07 Å². The zero-order chi connectivity index (χ0) is 30.0. The van der Waals surface area contributed by atoms with Gasteiger partial charge in [-0.25, -0.2) is 8.78 Å². The number of aromatic nitrogens is 3. The number of ether oxygens (including phenoxy) is 1. The number of rotatable bonds is 5. The number of hydrogen-bond acceptors (Lipinski definition) is 8. The Bertz CT molecular complexity index is 1790. The van der Waals surface area contributed by atoms with Crippen molar-refractivity contribution in [3.8, 4) is 17.4 Å². The summed E-state index contributed by atoms with van der Waals surface area (Å²) in [7, 11) is 0. The number of likely N-dealkylation sites (tertiary alicyclic amines) is 1. The van der Waals surface area contributed by atoms with Crippen molar-refractivity contribution in [3.05, 3.63) is 58.5 Å². The number of anilines is 1. The van der Waals surface area contributed by atoms with Crippen LogP contribution >= 0.6 is 0 Å². The molecule has 2 N–H and O–H groups in total. The normalized spacial score (nSPS) is 24.4. The number of nitrogens with zero attached hydrogens (tertiary/aromatic N) is 5. The highest BCUT2D eigenvalue weighted by Crippen LogP contribution is 2.33. The molecule has 11 heteroatoms. The van der Waals surface area contributed by atoms with Gasteiger partial charge in [-0.2, -0.15) is 9.97 Å². The number of nitrogens with one attached hydrogen (secondary N) is 1. The van der Waals surface area contributed by atoms with E-state index in [9.17, 15) is 14.3 Å². The quantitative estimate of drug-likeness (QED) is 0.390. The van der Waals surface area contributed by atoms with Gasteiger partial charge in [0.05, 0.1) is 11.1 Å². The summed E-state index contributed by atoms with van der Waals surface area (Å²) < 4.78 is 60.0. The van der Waals surface area contributed by atoms with Crippen LogP contribution in [0.1, 0.15) is 29.8 Å². The van der Waals surface area contributed by atoms with E-state index in [2.05, 4.69) is 15.2 Å². The molecule has 0 unspecified atom stereocenters. The molecular formula is C29H30F2N6O3. The average Bonchev–Trinajstić information content (AvgIpc) is 3.59. The third-order valence-corrected chi connectivity index (χ3v) is 8.25. The summed E-state index contributed by atoms with van der Waals surface area (Å²) in [6, 6.07) is 6.56. The van der Waals surface area contributed by atoms with Crippen molar-refractivity contribution in [2.75, 3.05) is 38.1 Å². The molecule has 0 amide bonds. The predicted octanol–water partition coefficient (Wildman–Crippen LogP) is 3.33. The standard InChI is InChI=1S/C29H30F2N6O3/c1-35-9-2-3-19(35)15-40-29-33-26-21(27(34-29)36-13-17-5-6-18(14-36)32-17)8-10-37(28(26)39)23-12-20(38)11-16-4-7-22(30)25(31)24(16)23/h4,7-8,10-12,17-19,32,38H,2-3,5-6,9,13-15H2,1H3/t17-,18+,19-/m0/s1/i1D3. The van der Waals surface area contributed by atoms with Crippen LogP contribution in [0.3, 0.4) is 0 Å². The second-order valence-corrected chi connectivity index (χ2v) is 10.9. The number of benzene rings is 2. The first kappa shape index (κ1) is 21.9. The monoisotopic (exact) mass is 551 g/mol. The van der Waals surface area contributed by atoms with E-state index >= 15 is 4.39 Å². The first-order chi connectivity index (χ1) is 20.6. The number of phenolic OH excluding ortho intramolecular Hbond substituents is 1. The minimum atomic E-state index is -2.26. The van der Waals surface area contributed by atoms with Crippen molar-refractivity contribution in [3.63, 3.8) is 0 Å². The predicted molar refractivity (Wildman–Crippen MR) is 148 cm³/mol. The molecule has 0 spiro atoms. The van der Waals surface area contributed by atoms with E-state index in [0.717, 1.165) is 29.9 Å². The SMILES string of the molecule is [2H]C([2H])([2H])N1CCC[C@H]1COc1nc(N2C[C@H]3CC[C@@H](C2)N3)c2ccn(-c3cc(O)cc4ccc(F)c(F)c34)c(=O)c2n1. The highest BCUT2D eigenvalue weighted by Gasteiger charge is 2.34. The highest BCUT2D eigenvalue weighted by molar-refractivity contribution is 5.94. The Hall–Kier alpha value is -3.83. The number of halogens is 2. The molecule has 3 fully saturated rings. The van der Waals surface area contributed by atoms with Crippen LogP contribution in [0.4, 0.5) is 14.6 Å². The van der Waals surface area contributed by atoms with E-state index in [0.29, 0.717) is 37.3 Å². The maximum absolute atomic E-state index is 15.1. The Kier molecular flexibility index (Phi) is 5.30. The Labute approximate surface area is 233 Å². The van der Waals surface area contributed by atoms with Gasteiger partial charge in [0.25, 0.3) is 5.56 Å². The number of aromatic hydroxyl groups is 1. The Balaban J connectivity index is 1.35. The van der Waals surface area contributed by atoms with Crippen LogP contribution in [0.25, 0.3) is 27.4 Å². The summed E-state index contributed by atoms with van der Waals surface area (Å²) in [6.07, 6.45) is 4.86. The lowest BCUT2D eigenvalue weighted by atomic mass is 10.1. The van der Waals surface area contributed by atoms with Gasteiger partial charge >= 0.3 is 6.01 Å². The molecule has 3 aliphatic rings. The molecule has 0 radical (unpaired) electrons. The molecule has 40 heavy (non-hydrogen) atoms. The van der Waals surface area contributed by atoms with E-state index in [-0.39, 0.29) is 58.5 Å². The third kappa shape index (κ3) is 4.24. The van der Waals surface area contributed by atoms with Crippen LogP contribution in [0, 0.1) is 11.6 Å². The highest BCUT2D eigenvalue weighted by atomic mass is 19.2. The first-order valence-corrected chi connectivity index (χ1v) is 13.5. The molecule has 2 aromatic carbocycles. The van der Waals surface area contributed by atoms with Crippen molar-refractivity contribution in [2.24, 2.45) is 0 Å². The Morgan fingerprint density at radius 2 is 1.98 bits per heavy atom. The van der Waals surface area contributed by atoms with Crippen LogP contribution in [0.5, 0.6) is 11.8 Å². The molecule has 3 saturated heterocycles. The number of phenols is 1. The summed E-state index contributed by atoms with van der Waals surface area (Å²) in [4.78, 5) is 26.8. The lowest BCUT2D eigenvalue weighted by Gasteiger charge is -2.34. The molecule has 0 aliphatic carbocycles. The van der Waals surface area contributed by atoms with Gasteiger partial charge in [0, 0.05) is 53.0 Å². The van der Waals surface area contributed by atoms with Crippen molar-refractivity contribution in [1.82, 2.24) is 24.8 Å². The molecule has 3 aliphatic heterocycles. The summed E-state index contributed by atoms with van der Waals surface area (Å²) in [6.45, 7) is -0.465. The van der Waals surface area contributed by atoms with Crippen molar-refractivity contribution < 1.29 is 22.7 Å². The third-order valence-electron chi connectivity index (χ3n) is 8.25. The average molecular weight is 552 g/mol. The van der Waals surface area contributed by atoms with Crippen molar-refractivity contribution in [1.29, 1.82) is 0 Å². The van der Waals surface area contributed by atoms with Gasteiger partial charge in [-0.3, -0.25) is 9.36 Å². The van der Waals surface area contributed by atoms with Crippen LogP contribution in [-0.2, 0) is 0 Å². The molecule has 9 nitrogen and oxygen atoms in total. The van der Waals surface area contributed by atoms with Crippen molar-refractivity contribution in [2.45, 2.75) is 43.8 Å². The van der Waals surface area contributed by atoms with Gasteiger partial charge in [0.1, 0.15) is 23.7 Å². The maximum Gasteiger partial charge on any atom is 0.319 e. The molecule has 7 rings (SSSR count). The molecular weight excluding hydrogens is 518 g/mol. The fourth-order valence-corrected chi connectivity index (χ4v) is 6.28. The van der Waals surface area contributed by atoms with Gasteiger partial charge in [-0.15, -0.1) is 0 Å². The van der Waals surface area contributed by atoms with Gasteiger partial charge in [-0.05, 0) is 62.8 Å². The lowest BCUT2D eigenvalue weighted by Crippen LogP contribution is -2.51. The topological polar surface area (TPSA) is 95.8 Å². The number of hydrogen-bond donors (Lipinski definition) is 2. The largest absolute Gasteiger partial charge is 0.508 e. The molecule has 5 heterocycles. The second kappa shape index (κ2) is 9.67. The van der Waals surface area contributed by atoms with E-state index in [1.807, 2.05) is 0 Å². The lowest BCUT2D eigenvalue weighted by molar-refractivity contribution is 0.188. The minimum absolute atomic E-state index is 0.000725. The number of pyridine rings is 1. The van der Waals surface area contributed by atoms with E-state index in [1.165, 1.54) is 29.3 Å². The second-order valence-electron chi connectivity index (χ2n) is 10.9. The molecule has 2 aromatic heterocycles. The van der Waals surface area contributed by atoms with Crippen molar-refractivity contribution >= 4 is 27.5 Å². The van der Waals surface area contributed by atoms with Crippen LogP contribution < -0.4 is 20.5 Å². The maximum atomic E-state index is 15.1. The number of piperazine rings is 1. The molecule has 2 bridgehead atoms. The Morgan fingerprint density at radius 1 is 1.15 bits per heavy atom. The summed E-state index contributed by atoms with van der Waals surface area (Å²) in [5.74, 6) is -1.93. The molecule has 0 saturated carbocycles. The first-order valence-electron chi connectivity index (χ1n) is 15.0. The molecule has 4 aromatic rings. The fourth-order valence-electron chi connectivity index (χ4n) is 6.28. The Morgan fingerprint density at radius 3 is 2.77 bits per heavy atom. The summed E-state index contributed by atoms with van der Waals surface area (Å²) in [5, 5.41) is 14.5. The van der Waals surface area contributed by atoms with Crippen LogP contribution in [0.15, 0.2) is 41.3 Å². The summed E-state index contributed by atoms with van der Waals surface area (Å²) >= 11 is 0. The summed E-state index contributed by atoms with van der Waals surface area (Å²) in [5.41, 5.74) is -0.675. The molecule has 208 valence electrons. The fraction of sp³-hybridized carbons (Fsp3) is 0.414. The van der Waals surface area contributed by atoms with E-state index < -0.39 is 24.2 Å². The zero-order valence-corrected chi connectivity index (χ0v) is 21.6.